The monoisotopic (exact) mass is 274 g/mol. The number of nitrogens with one attached hydrogen (secondary N) is 2. The fourth-order valence-corrected chi connectivity index (χ4v) is 2.62. The lowest BCUT2D eigenvalue weighted by Gasteiger charge is -2.09. The van der Waals surface area contributed by atoms with Gasteiger partial charge in [0.2, 0.25) is 0 Å². The summed E-state index contributed by atoms with van der Waals surface area (Å²) in [4.78, 5) is 4.49. The van der Waals surface area contributed by atoms with Crippen LogP contribution in [0.3, 0.4) is 0 Å². The van der Waals surface area contributed by atoms with Gasteiger partial charge in [0.15, 0.2) is 0 Å². The number of rotatable bonds is 3. The SMILES string of the molecule is c1cnc2c(CNc3cccc4[nH]ncc34)cccc2c1. The van der Waals surface area contributed by atoms with E-state index < -0.39 is 0 Å². The van der Waals surface area contributed by atoms with Gasteiger partial charge in [-0.3, -0.25) is 10.1 Å². The summed E-state index contributed by atoms with van der Waals surface area (Å²) in [5, 5.41) is 12.8. The Morgan fingerprint density at radius 1 is 1.00 bits per heavy atom. The molecule has 4 rings (SSSR count). The molecule has 2 aromatic carbocycles. The molecule has 2 aromatic heterocycles. The second-order valence-electron chi connectivity index (χ2n) is 4.98. The Balaban J connectivity index is 1.68. The molecular weight excluding hydrogens is 260 g/mol. The number of aromatic nitrogens is 3. The smallest absolute Gasteiger partial charge is 0.0751 e. The van der Waals surface area contributed by atoms with E-state index in [9.17, 15) is 0 Å². The summed E-state index contributed by atoms with van der Waals surface area (Å²) in [6.45, 7) is 0.735. The van der Waals surface area contributed by atoms with Gasteiger partial charge in [-0.15, -0.1) is 0 Å². The lowest BCUT2D eigenvalue weighted by molar-refractivity contribution is 1.12. The van der Waals surface area contributed by atoms with Gasteiger partial charge in [0, 0.05) is 29.2 Å². The molecule has 2 N–H and O–H groups in total. The van der Waals surface area contributed by atoms with Gasteiger partial charge in [-0.05, 0) is 23.8 Å². The van der Waals surface area contributed by atoms with E-state index in [0.717, 1.165) is 28.7 Å². The molecule has 0 spiro atoms. The molecular formula is C17H14N4. The maximum atomic E-state index is 4.49. The van der Waals surface area contributed by atoms with E-state index in [0.29, 0.717) is 0 Å². The highest BCUT2D eigenvalue weighted by molar-refractivity contribution is 5.91. The third-order valence-electron chi connectivity index (χ3n) is 3.67. The van der Waals surface area contributed by atoms with E-state index in [4.69, 9.17) is 0 Å². The average Bonchev–Trinajstić information content (AvgIpc) is 3.02. The van der Waals surface area contributed by atoms with Crippen molar-refractivity contribution in [2.24, 2.45) is 0 Å². The molecule has 0 saturated carbocycles. The summed E-state index contributed by atoms with van der Waals surface area (Å²) < 4.78 is 0. The highest BCUT2D eigenvalue weighted by Crippen LogP contribution is 2.23. The summed E-state index contributed by atoms with van der Waals surface area (Å²) in [7, 11) is 0. The summed E-state index contributed by atoms with van der Waals surface area (Å²) in [6, 6.07) is 16.4. The molecule has 0 unspecified atom stereocenters. The van der Waals surface area contributed by atoms with Crippen molar-refractivity contribution in [3.63, 3.8) is 0 Å². The van der Waals surface area contributed by atoms with Crippen LogP contribution in [0.5, 0.6) is 0 Å². The van der Waals surface area contributed by atoms with Gasteiger partial charge < -0.3 is 5.32 Å². The minimum Gasteiger partial charge on any atom is -0.380 e. The lowest BCUT2D eigenvalue weighted by atomic mass is 10.1. The fourth-order valence-electron chi connectivity index (χ4n) is 2.62. The molecule has 2 heterocycles. The lowest BCUT2D eigenvalue weighted by Crippen LogP contribution is -2.01. The van der Waals surface area contributed by atoms with Crippen molar-refractivity contribution < 1.29 is 0 Å². The zero-order chi connectivity index (χ0) is 14.1. The number of hydrogen-bond acceptors (Lipinski definition) is 3. The summed E-state index contributed by atoms with van der Waals surface area (Å²) in [5.74, 6) is 0. The molecule has 0 radical (unpaired) electrons. The maximum absolute atomic E-state index is 4.49. The second-order valence-corrected chi connectivity index (χ2v) is 4.98. The first kappa shape index (κ1) is 11.9. The predicted molar refractivity (Wildman–Crippen MR) is 85.2 cm³/mol. The van der Waals surface area contributed by atoms with Crippen LogP contribution in [0.1, 0.15) is 5.56 Å². The molecule has 4 heteroatoms. The quantitative estimate of drug-likeness (QED) is 0.598. The van der Waals surface area contributed by atoms with Crippen molar-refractivity contribution in [3.05, 3.63) is 66.5 Å². The first-order valence-electron chi connectivity index (χ1n) is 6.90. The van der Waals surface area contributed by atoms with E-state index >= 15 is 0 Å². The summed E-state index contributed by atoms with van der Waals surface area (Å²) in [6.07, 6.45) is 3.68. The summed E-state index contributed by atoms with van der Waals surface area (Å²) >= 11 is 0. The molecule has 0 atom stereocenters. The van der Waals surface area contributed by atoms with Gasteiger partial charge in [-0.1, -0.05) is 30.3 Å². The fraction of sp³-hybridized carbons (Fsp3) is 0.0588. The molecule has 0 saturated heterocycles. The number of para-hydroxylation sites is 1. The van der Waals surface area contributed by atoms with Gasteiger partial charge in [0.05, 0.1) is 17.2 Å². The Morgan fingerprint density at radius 3 is 2.90 bits per heavy atom. The van der Waals surface area contributed by atoms with Gasteiger partial charge in [-0.25, -0.2) is 0 Å². The number of aromatic amines is 1. The van der Waals surface area contributed by atoms with Crippen molar-refractivity contribution in [2.75, 3.05) is 5.32 Å². The number of benzene rings is 2. The molecule has 0 aliphatic rings. The van der Waals surface area contributed by atoms with E-state index in [1.807, 2.05) is 30.6 Å². The highest BCUT2D eigenvalue weighted by Gasteiger charge is 2.04. The largest absolute Gasteiger partial charge is 0.380 e. The van der Waals surface area contributed by atoms with Gasteiger partial charge in [-0.2, -0.15) is 5.10 Å². The molecule has 4 nitrogen and oxygen atoms in total. The zero-order valence-corrected chi connectivity index (χ0v) is 11.4. The number of hydrogen-bond donors (Lipinski definition) is 2. The third kappa shape index (κ3) is 2.10. The van der Waals surface area contributed by atoms with Crippen molar-refractivity contribution >= 4 is 27.5 Å². The van der Waals surface area contributed by atoms with Gasteiger partial charge in [0.1, 0.15) is 0 Å². The second kappa shape index (κ2) is 4.90. The molecule has 21 heavy (non-hydrogen) atoms. The van der Waals surface area contributed by atoms with Crippen LogP contribution in [0.2, 0.25) is 0 Å². The number of pyridine rings is 1. The Kier molecular flexibility index (Phi) is 2.78. The minimum atomic E-state index is 0.735. The number of anilines is 1. The Morgan fingerprint density at radius 2 is 1.90 bits per heavy atom. The van der Waals surface area contributed by atoms with Crippen LogP contribution in [0.4, 0.5) is 5.69 Å². The molecule has 4 aromatic rings. The van der Waals surface area contributed by atoms with Crippen LogP contribution in [-0.2, 0) is 6.54 Å². The maximum Gasteiger partial charge on any atom is 0.0751 e. The van der Waals surface area contributed by atoms with E-state index in [2.05, 4.69) is 50.8 Å². The normalized spacial score (nSPS) is 11.0. The molecule has 0 aliphatic heterocycles. The van der Waals surface area contributed by atoms with Crippen molar-refractivity contribution in [1.29, 1.82) is 0 Å². The average molecular weight is 274 g/mol. The van der Waals surface area contributed by atoms with Crippen LogP contribution in [0, 0.1) is 0 Å². The van der Waals surface area contributed by atoms with Gasteiger partial charge >= 0.3 is 0 Å². The molecule has 102 valence electrons. The van der Waals surface area contributed by atoms with Gasteiger partial charge in [0.25, 0.3) is 0 Å². The summed E-state index contributed by atoms with van der Waals surface area (Å²) in [5.41, 5.74) is 4.35. The number of nitrogens with zero attached hydrogens (tertiary/aromatic N) is 2. The van der Waals surface area contributed by atoms with Crippen molar-refractivity contribution in [3.8, 4) is 0 Å². The third-order valence-corrected chi connectivity index (χ3v) is 3.67. The number of H-pyrrole nitrogens is 1. The Bertz CT molecular complexity index is 905. The standard InChI is InChI=1S/C17H14N4/c1-4-12-6-3-9-18-17(12)13(5-1)10-19-15-7-2-8-16-14(15)11-20-21-16/h1-9,11,19H,10H2,(H,20,21). The van der Waals surface area contributed by atoms with Crippen LogP contribution < -0.4 is 5.32 Å². The highest BCUT2D eigenvalue weighted by atomic mass is 15.1. The predicted octanol–water partition coefficient (Wildman–Crippen LogP) is 3.72. The van der Waals surface area contributed by atoms with E-state index in [-0.39, 0.29) is 0 Å². The van der Waals surface area contributed by atoms with Crippen LogP contribution in [-0.4, -0.2) is 15.2 Å². The van der Waals surface area contributed by atoms with Crippen LogP contribution >= 0.6 is 0 Å². The Labute approximate surface area is 121 Å². The topological polar surface area (TPSA) is 53.6 Å². The minimum absolute atomic E-state index is 0.735. The van der Waals surface area contributed by atoms with Crippen molar-refractivity contribution in [2.45, 2.75) is 6.54 Å². The van der Waals surface area contributed by atoms with E-state index in [1.165, 1.54) is 10.9 Å². The molecule has 0 amide bonds. The first-order chi connectivity index (χ1) is 10.4. The Hall–Kier alpha value is -2.88. The number of fused-ring (bicyclic) bond motifs is 2. The zero-order valence-electron chi connectivity index (χ0n) is 11.4. The van der Waals surface area contributed by atoms with Crippen molar-refractivity contribution in [1.82, 2.24) is 15.2 Å². The molecule has 0 bridgehead atoms. The van der Waals surface area contributed by atoms with Crippen LogP contribution in [0.25, 0.3) is 21.8 Å². The van der Waals surface area contributed by atoms with Crippen LogP contribution in [0.15, 0.2) is 60.9 Å². The molecule has 0 aliphatic carbocycles. The first-order valence-corrected chi connectivity index (χ1v) is 6.90. The molecule has 0 fully saturated rings. The van der Waals surface area contributed by atoms with E-state index in [1.54, 1.807) is 0 Å².